The number of aromatic nitrogens is 2. The van der Waals surface area contributed by atoms with Crippen LogP contribution in [0, 0.1) is 9.49 Å². The van der Waals surface area contributed by atoms with Crippen molar-refractivity contribution in [3.05, 3.63) is 63.0 Å². The summed E-state index contributed by atoms with van der Waals surface area (Å²) in [5, 5.41) is 7.66. The maximum Gasteiger partial charge on any atom is 0.241 e. The standard InChI is InChI=1S/C21H20ClIN4O2/c22-18-6-2-1-5-17(18)20-25-19(29-26-20)13-27-11-3-4-14(12-27)21(28)24-16-9-7-15(23)8-10-16/h1-2,5-10,14H,3-4,11-13H2,(H,24,28). The Hall–Kier alpha value is -1.97. The van der Waals surface area contributed by atoms with Crippen molar-refractivity contribution in [3.63, 3.8) is 0 Å². The molecule has 3 aromatic rings. The van der Waals surface area contributed by atoms with Gasteiger partial charge in [-0.3, -0.25) is 9.69 Å². The van der Waals surface area contributed by atoms with Crippen molar-refractivity contribution in [1.29, 1.82) is 0 Å². The summed E-state index contributed by atoms with van der Waals surface area (Å²) in [6, 6.07) is 15.2. The molecule has 1 fully saturated rings. The van der Waals surface area contributed by atoms with Crippen molar-refractivity contribution in [1.82, 2.24) is 15.0 Å². The van der Waals surface area contributed by atoms with Crippen molar-refractivity contribution >= 4 is 45.8 Å². The summed E-state index contributed by atoms with van der Waals surface area (Å²) in [6.07, 6.45) is 1.83. The molecule has 1 saturated heterocycles. The number of hydrogen-bond acceptors (Lipinski definition) is 5. The molecule has 1 aliphatic heterocycles. The van der Waals surface area contributed by atoms with Gasteiger partial charge < -0.3 is 9.84 Å². The van der Waals surface area contributed by atoms with Crippen LogP contribution in [-0.4, -0.2) is 34.0 Å². The highest BCUT2D eigenvalue weighted by Gasteiger charge is 2.27. The second-order valence-corrected chi connectivity index (χ2v) is 8.71. The van der Waals surface area contributed by atoms with Crippen LogP contribution in [-0.2, 0) is 11.3 Å². The van der Waals surface area contributed by atoms with Gasteiger partial charge in [-0.1, -0.05) is 28.9 Å². The molecule has 6 nitrogen and oxygen atoms in total. The van der Waals surface area contributed by atoms with Crippen LogP contribution in [0.15, 0.2) is 53.1 Å². The number of carbonyl (C=O) groups excluding carboxylic acids is 1. The smallest absolute Gasteiger partial charge is 0.241 e. The molecule has 0 spiro atoms. The van der Waals surface area contributed by atoms with Crippen molar-refractivity contribution in [2.75, 3.05) is 18.4 Å². The number of carbonyl (C=O) groups is 1. The number of amides is 1. The topological polar surface area (TPSA) is 71.3 Å². The first-order valence-electron chi connectivity index (χ1n) is 9.45. The lowest BCUT2D eigenvalue weighted by molar-refractivity contribution is -0.121. The van der Waals surface area contributed by atoms with Crippen LogP contribution in [0.4, 0.5) is 5.69 Å². The fourth-order valence-electron chi connectivity index (χ4n) is 3.45. The highest BCUT2D eigenvalue weighted by molar-refractivity contribution is 14.1. The van der Waals surface area contributed by atoms with E-state index in [4.69, 9.17) is 16.1 Å². The summed E-state index contributed by atoms with van der Waals surface area (Å²) in [5.74, 6) is 1.00. The van der Waals surface area contributed by atoms with E-state index in [1.54, 1.807) is 6.07 Å². The zero-order valence-corrected chi connectivity index (χ0v) is 18.6. The van der Waals surface area contributed by atoms with Crippen LogP contribution in [0.3, 0.4) is 0 Å². The molecule has 8 heteroatoms. The molecule has 1 aromatic heterocycles. The van der Waals surface area contributed by atoms with Gasteiger partial charge in [-0.2, -0.15) is 4.98 Å². The molecule has 1 N–H and O–H groups in total. The van der Waals surface area contributed by atoms with Gasteiger partial charge in [0.2, 0.25) is 17.6 Å². The number of anilines is 1. The largest absolute Gasteiger partial charge is 0.338 e. The molecule has 0 radical (unpaired) electrons. The van der Waals surface area contributed by atoms with Gasteiger partial charge in [0.15, 0.2) is 0 Å². The summed E-state index contributed by atoms with van der Waals surface area (Å²) in [5.41, 5.74) is 1.58. The maximum atomic E-state index is 12.7. The lowest BCUT2D eigenvalue weighted by Crippen LogP contribution is -2.40. The number of likely N-dealkylation sites (tertiary alicyclic amines) is 1. The van der Waals surface area contributed by atoms with E-state index in [0.29, 0.717) is 29.8 Å². The number of rotatable bonds is 5. The van der Waals surface area contributed by atoms with E-state index < -0.39 is 0 Å². The molecular weight excluding hydrogens is 503 g/mol. The molecule has 2 heterocycles. The molecule has 150 valence electrons. The summed E-state index contributed by atoms with van der Waals surface area (Å²) in [4.78, 5) is 19.3. The second kappa shape index (κ2) is 9.23. The number of benzene rings is 2. The van der Waals surface area contributed by atoms with Crippen LogP contribution < -0.4 is 5.32 Å². The van der Waals surface area contributed by atoms with Crippen molar-refractivity contribution in [3.8, 4) is 11.4 Å². The predicted molar refractivity (Wildman–Crippen MR) is 121 cm³/mol. The number of piperidine rings is 1. The molecule has 1 atom stereocenters. The third kappa shape index (κ3) is 5.15. The average molecular weight is 523 g/mol. The van der Waals surface area contributed by atoms with Gasteiger partial charge in [-0.25, -0.2) is 0 Å². The molecule has 1 unspecified atom stereocenters. The first-order chi connectivity index (χ1) is 14.1. The Kier molecular flexibility index (Phi) is 6.46. The molecule has 1 amide bonds. The van der Waals surface area contributed by atoms with E-state index in [2.05, 4.69) is 42.9 Å². The summed E-state index contributed by atoms with van der Waals surface area (Å²) >= 11 is 8.46. The maximum absolute atomic E-state index is 12.7. The lowest BCUT2D eigenvalue weighted by atomic mass is 9.97. The zero-order chi connectivity index (χ0) is 20.2. The summed E-state index contributed by atoms with van der Waals surface area (Å²) in [6.45, 7) is 2.09. The second-order valence-electron chi connectivity index (χ2n) is 7.06. The Labute approximate surface area is 187 Å². The minimum Gasteiger partial charge on any atom is -0.338 e. The fourth-order valence-corrected chi connectivity index (χ4v) is 4.03. The highest BCUT2D eigenvalue weighted by Crippen LogP contribution is 2.26. The van der Waals surface area contributed by atoms with Gasteiger partial charge in [0.05, 0.1) is 17.5 Å². The molecule has 0 bridgehead atoms. The van der Waals surface area contributed by atoms with Gasteiger partial charge in [-0.15, -0.1) is 0 Å². The van der Waals surface area contributed by atoms with Gasteiger partial charge in [0, 0.05) is 21.4 Å². The lowest BCUT2D eigenvalue weighted by Gasteiger charge is -2.30. The van der Waals surface area contributed by atoms with E-state index in [-0.39, 0.29) is 11.8 Å². The minimum atomic E-state index is -0.0611. The number of hydrogen-bond donors (Lipinski definition) is 1. The molecule has 2 aromatic carbocycles. The first kappa shape index (κ1) is 20.3. The molecule has 0 aliphatic carbocycles. The van der Waals surface area contributed by atoms with Crippen molar-refractivity contribution < 1.29 is 9.32 Å². The van der Waals surface area contributed by atoms with E-state index in [1.807, 2.05) is 42.5 Å². The minimum absolute atomic E-state index is 0.0539. The Balaban J connectivity index is 1.37. The summed E-state index contributed by atoms with van der Waals surface area (Å²) in [7, 11) is 0. The predicted octanol–water partition coefficient (Wildman–Crippen LogP) is 4.85. The first-order valence-corrected chi connectivity index (χ1v) is 10.9. The quantitative estimate of drug-likeness (QED) is 0.485. The Morgan fingerprint density at radius 1 is 1.24 bits per heavy atom. The van der Waals surface area contributed by atoms with Gasteiger partial charge in [0.25, 0.3) is 0 Å². The highest BCUT2D eigenvalue weighted by atomic mass is 127. The summed E-state index contributed by atoms with van der Waals surface area (Å²) < 4.78 is 6.56. The van der Waals surface area contributed by atoms with E-state index in [9.17, 15) is 4.79 Å². The third-order valence-corrected chi connectivity index (χ3v) is 5.98. The van der Waals surface area contributed by atoms with Crippen LogP contribution in [0.1, 0.15) is 18.7 Å². The number of halogens is 2. The van der Waals surface area contributed by atoms with E-state index >= 15 is 0 Å². The van der Waals surface area contributed by atoms with Gasteiger partial charge in [-0.05, 0) is 78.4 Å². The van der Waals surface area contributed by atoms with Crippen LogP contribution in [0.2, 0.25) is 5.02 Å². The van der Waals surface area contributed by atoms with Gasteiger partial charge >= 0.3 is 0 Å². The monoisotopic (exact) mass is 522 g/mol. The molecule has 4 rings (SSSR count). The Morgan fingerprint density at radius 3 is 2.83 bits per heavy atom. The van der Waals surface area contributed by atoms with E-state index in [1.165, 1.54) is 0 Å². The molecule has 1 aliphatic rings. The fraction of sp³-hybridized carbons (Fsp3) is 0.286. The molecular formula is C21H20ClIN4O2. The van der Waals surface area contributed by atoms with Crippen molar-refractivity contribution in [2.24, 2.45) is 5.92 Å². The van der Waals surface area contributed by atoms with Crippen molar-refractivity contribution in [2.45, 2.75) is 19.4 Å². The number of nitrogens with zero attached hydrogens (tertiary/aromatic N) is 3. The Morgan fingerprint density at radius 2 is 2.03 bits per heavy atom. The normalized spacial score (nSPS) is 17.2. The van der Waals surface area contributed by atoms with E-state index in [0.717, 1.165) is 34.2 Å². The zero-order valence-electron chi connectivity index (χ0n) is 15.6. The SMILES string of the molecule is O=C(Nc1ccc(I)cc1)C1CCCN(Cc2nc(-c3ccccc3Cl)no2)C1. The molecule has 0 saturated carbocycles. The van der Waals surface area contributed by atoms with Crippen LogP contribution in [0.25, 0.3) is 11.4 Å². The Bertz CT molecular complexity index is 992. The number of nitrogens with one attached hydrogen (secondary N) is 1. The third-order valence-electron chi connectivity index (χ3n) is 4.93. The molecule has 29 heavy (non-hydrogen) atoms. The van der Waals surface area contributed by atoms with Crippen LogP contribution in [0.5, 0.6) is 0 Å². The van der Waals surface area contributed by atoms with Crippen LogP contribution >= 0.6 is 34.2 Å². The average Bonchev–Trinajstić information content (AvgIpc) is 3.18. The van der Waals surface area contributed by atoms with Gasteiger partial charge in [0.1, 0.15) is 0 Å².